The van der Waals surface area contributed by atoms with E-state index in [1.807, 2.05) is 0 Å². The van der Waals surface area contributed by atoms with Crippen LogP contribution in [0.5, 0.6) is 0 Å². The van der Waals surface area contributed by atoms with E-state index < -0.39 is 0 Å². The molecule has 1 N–H and O–H groups in total. The van der Waals surface area contributed by atoms with E-state index in [9.17, 15) is 0 Å². The SMILES string of the molecule is CCCC(CCC)C(Cc1ccn(C(C)C)n1)NCC. The predicted octanol–water partition coefficient (Wildman–Crippen LogP) is 4.20. The molecule has 0 aliphatic heterocycles. The fraction of sp³-hybridized carbons (Fsp3) is 0.824. The highest BCUT2D eigenvalue weighted by Gasteiger charge is 2.20. The Labute approximate surface area is 125 Å². The molecule has 116 valence electrons. The van der Waals surface area contributed by atoms with Gasteiger partial charge in [0, 0.05) is 24.7 Å². The van der Waals surface area contributed by atoms with Gasteiger partial charge >= 0.3 is 0 Å². The highest BCUT2D eigenvalue weighted by molar-refractivity contribution is 5.03. The van der Waals surface area contributed by atoms with Crippen LogP contribution in [0, 0.1) is 5.92 Å². The Balaban J connectivity index is 2.72. The zero-order chi connectivity index (χ0) is 15.0. The molecule has 0 saturated heterocycles. The summed E-state index contributed by atoms with van der Waals surface area (Å²) in [5.41, 5.74) is 1.22. The second-order valence-corrected chi connectivity index (χ2v) is 6.09. The van der Waals surface area contributed by atoms with E-state index in [0.29, 0.717) is 12.1 Å². The van der Waals surface area contributed by atoms with Gasteiger partial charge in [-0.3, -0.25) is 4.68 Å². The Morgan fingerprint density at radius 1 is 1.15 bits per heavy atom. The predicted molar refractivity (Wildman–Crippen MR) is 87.1 cm³/mol. The first-order valence-electron chi connectivity index (χ1n) is 8.39. The number of nitrogens with zero attached hydrogens (tertiary/aromatic N) is 2. The lowest BCUT2D eigenvalue weighted by Gasteiger charge is -2.27. The molecule has 1 rings (SSSR count). The van der Waals surface area contributed by atoms with Crippen molar-refractivity contribution < 1.29 is 0 Å². The van der Waals surface area contributed by atoms with Crippen molar-refractivity contribution in [2.24, 2.45) is 5.92 Å². The number of nitrogens with one attached hydrogen (secondary N) is 1. The standard InChI is InChI=1S/C17H33N3/c1-6-9-15(10-7-2)17(18-8-3)13-16-11-12-20(19-16)14(4)5/h11-12,14-15,17-18H,6-10,13H2,1-5H3. The van der Waals surface area contributed by atoms with Gasteiger partial charge in [-0.2, -0.15) is 5.10 Å². The fourth-order valence-corrected chi connectivity index (χ4v) is 2.96. The normalized spacial score (nSPS) is 13.3. The number of hydrogen-bond donors (Lipinski definition) is 1. The summed E-state index contributed by atoms with van der Waals surface area (Å²) in [4.78, 5) is 0. The Kier molecular flexibility index (Phi) is 7.90. The van der Waals surface area contributed by atoms with E-state index >= 15 is 0 Å². The van der Waals surface area contributed by atoms with Crippen molar-refractivity contribution in [1.82, 2.24) is 15.1 Å². The molecule has 3 heteroatoms. The number of likely N-dealkylation sites (N-methyl/N-ethyl adjacent to an activating group) is 1. The highest BCUT2D eigenvalue weighted by Crippen LogP contribution is 2.21. The van der Waals surface area contributed by atoms with Gasteiger partial charge in [-0.15, -0.1) is 0 Å². The molecule has 0 aliphatic rings. The quantitative estimate of drug-likeness (QED) is 0.695. The molecule has 0 bridgehead atoms. The van der Waals surface area contributed by atoms with Crippen LogP contribution in [0.15, 0.2) is 12.3 Å². The van der Waals surface area contributed by atoms with Crippen LogP contribution >= 0.6 is 0 Å². The summed E-state index contributed by atoms with van der Waals surface area (Å²) in [7, 11) is 0. The number of rotatable bonds is 10. The van der Waals surface area contributed by atoms with Crippen molar-refractivity contribution in [3.63, 3.8) is 0 Å². The van der Waals surface area contributed by atoms with Crippen LogP contribution < -0.4 is 5.32 Å². The summed E-state index contributed by atoms with van der Waals surface area (Å²) in [5, 5.41) is 8.40. The maximum atomic E-state index is 4.71. The molecular weight excluding hydrogens is 246 g/mol. The summed E-state index contributed by atoms with van der Waals surface area (Å²) in [6, 6.07) is 3.19. The topological polar surface area (TPSA) is 29.9 Å². The van der Waals surface area contributed by atoms with Crippen LogP contribution in [0.4, 0.5) is 0 Å². The molecule has 3 nitrogen and oxygen atoms in total. The van der Waals surface area contributed by atoms with Crippen LogP contribution in [0.2, 0.25) is 0 Å². The zero-order valence-electron chi connectivity index (χ0n) is 14.0. The van der Waals surface area contributed by atoms with Crippen LogP contribution in [0.3, 0.4) is 0 Å². The van der Waals surface area contributed by atoms with Gasteiger partial charge in [0.2, 0.25) is 0 Å². The molecule has 0 saturated carbocycles. The van der Waals surface area contributed by atoms with Crippen LogP contribution in [-0.2, 0) is 6.42 Å². The van der Waals surface area contributed by atoms with E-state index in [1.54, 1.807) is 0 Å². The van der Waals surface area contributed by atoms with Gasteiger partial charge < -0.3 is 5.32 Å². The van der Waals surface area contributed by atoms with E-state index in [0.717, 1.165) is 18.9 Å². The minimum Gasteiger partial charge on any atom is -0.314 e. The lowest BCUT2D eigenvalue weighted by Crippen LogP contribution is -2.38. The van der Waals surface area contributed by atoms with E-state index in [1.165, 1.54) is 31.4 Å². The van der Waals surface area contributed by atoms with E-state index in [4.69, 9.17) is 5.10 Å². The molecule has 1 aromatic heterocycles. The molecule has 1 heterocycles. The maximum Gasteiger partial charge on any atom is 0.0640 e. The van der Waals surface area contributed by atoms with E-state index in [-0.39, 0.29) is 0 Å². The third-order valence-corrected chi connectivity index (χ3v) is 3.98. The van der Waals surface area contributed by atoms with Crippen molar-refractivity contribution in [1.29, 1.82) is 0 Å². The van der Waals surface area contributed by atoms with E-state index in [2.05, 4.69) is 56.9 Å². The smallest absolute Gasteiger partial charge is 0.0640 e. The van der Waals surface area contributed by atoms with Gasteiger partial charge in [0.1, 0.15) is 0 Å². The fourth-order valence-electron chi connectivity index (χ4n) is 2.96. The molecule has 0 radical (unpaired) electrons. The Hall–Kier alpha value is -0.830. The lowest BCUT2D eigenvalue weighted by atomic mass is 9.87. The van der Waals surface area contributed by atoms with Gasteiger partial charge in [-0.25, -0.2) is 0 Å². The average Bonchev–Trinajstić information content (AvgIpc) is 2.87. The first kappa shape index (κ1) is 17.2. The van der Waals surface area contributed by atoms with Gasteiger partial charge in [-0.05, 0) is 45.2 Å². The second kappa shape index (κ2) is 9.17. The Bertz CT molecular complexity index is 351. The first-order valence-corrected chi connectivity index (χ1v) is 8.39. The van der Waals surface area contributed by atoms with Gasteiger partial charge in [0.25, 0.3) is 0 Å². The molecule has 20 heavy (non-hydrogen) atoms. The molecule has 0 aliphatic carbocycles. The highest BCUT2D eigenvalue weighted by atomic mass is 15.3. The van der Waals surface area contributed by atoms with Gasteiger partial charge in [0.15, 0.2) is 0 Å². The first-order chi connectivity index (χ1) is 9.62. The zero-order valence-corrected chi connectivity index (χ0v) is 14.0. The summed E-state index contributed by atoms with van der Waals surface area (Å²) in [6.45, 7) is 12.2. The maximum absolute atomic E-state index is 4.71. The van der Waals surface area contributed by atoms with Crippen molar-refractivity contribution in [3.8, 4) is 0 Å². The molecule has 0 fully saturated rings. The third kappa shape index (κ3) is 5.28. The molecule has 1 aromatic rings. The van der Waals surface area contributed by atoms with Gasteiger partial charge in [-0.1, -0.05) is 33.6 Å². The second-order valence-electron chi connectivity index (χ2n) is 6.09. The third-order valence-electron chi connectivity index (χ3n) is 3.98. The molecule has 1 unspecified atom stereocenters. The van der Waals surface area contributed by atoms with Crippen molar-refractivity contribution in [2.75, 3.05) is 6.54 Å². The minimum atomic E-state index is 0.448. The summed E-state index contributed by atoms with van der Waals surface area (Å²) in [5.74, 6) is 0.772. The average molecular weight is 279 g/mol. The van der Waals surface area contributed by atoms with Crippen molar-refractivity contribution in [3.05, 3.63) is 18.0 Å². The van der Waals surface area contributed by atoms with Crippen molar-refractivity contribution >= 4 is 0 Å². The summed E-state index contributed by atoms with van der Waals surface area (Å²) < 4.78 is 2.06. The summed E-state index contributed by atoms with van der Waals surface area (Å²) >= 11 is 0. The van der Waals surface area contributed by atoms with Gasteiger partial charge in [0.05, 0.1) is 5.69 Å². The molecular formula is C17H33N3. The lowest BCUT2D eigenvalue weighted by molar-refractivity contribution is 0.310. The molecule has 0 aromatic carbocycles. The van der Waals surface area contributed by atoms with Crippen LogP contribution in [0.25, 0.3) is 0 Å². The monoisotopic (exact) mass is 279 g/mol. The number of aromatic nitrogens is 2. The molecule has 0 amide bonds. The minimum absolute atomic E-state index is 0.448. The Morgan fingerprint density at radius 3 is 2.25 bits per heavy atom. The largest absolute Gasteiger partial charge is 0.314 e. The van der Waals surface area contributed by atoms with Crippen LogP contribution in [0.1, 0.15) is 72.0 Å². The van der Waals surface area contributed by atoms with Crippen LogP contribution in [-0.4, -0.2) is 22.4 Å². The molecule has 1 atom stereocenters. The summed E-state index contributed by atoms with van der Waals surface area (Å²) in [6.07, 6.45) is 8.34. The van der Waals surface area contributed by atoms with Crippen molar-refractivity contribution in [2.45, 2.75) is 78.8 Å². The number of hydrogen-bond acceptors (Lipinski definition) is 2. The Morgan fingerprint density at radius 2 is 1.80 bits per heavy atom. The molecule has 0 spiro atoms.